The van der Waals surface area contributed by atoms with Gasteiger partial charge in [0.2, 0.25) is 5.91 Å². The zero-order valence-electron chi connectivity index (χ0n) is 50.5. The van der Waals surface area contributed by atoms with Crippen LogP contribution in [0.1, 0.15) is 271 Å². The molecular formula is C68H119NO10. The van der Waals surface area contributed by atoms with E-state index in [2.05, 4.69) is 99.0 Å². The van der Waals surface area contributed by atoms with E-state index in [4.69, 9.17) is 14.2 Å². The first-order valence-corrected chi connectivity index (χ1v) is 32.4. The van der Waals surface area contributed by atoms with Crippen molar-refractivity contribution in [2.75, 3.05) is 13.2 Å². The average Bonchev–Trinajstić information content (AvgIpc) is 3.44. The first kappa shape index (κ1) is 73.9. The van der Waals surface area contributed by atoms with Gasteiger partial charge in [-0.1, -0.05) is 254 Å². The summed E-state index contributed by atoms with van der Waals surface area (Å²) in [6, 6.07) is -1.03. The van der Waals surface area contributed by atoms with Crippen LogP contribution in [-0.2, 0) is 23.8 Å². The quantitative estimate of drug-likeness (QED) is 0.0149. The fourth-order valence-electron chi connectivity index (χ4n) is 9.63. The molecule has 1 fully saturated rings. The van der Waals surface area contributed by atoms with Gasteiger partial charge in [-0.15, -0.1) is 0 Å². The van der Waals surface area contributed by atoms with Crippen LogP contribution < -0.4 is 5.32 Å². The number of aliphatic hydroxyl groups excluding tert-OH is 5. The number of ether oxygens (including phenoxy) is 3. The number of amides is 1. The lowest BCUT2D eigenvalue weighted by Crippen LogP contribution is -2.61. The Morgan fingerprint density at radius 3 is 1.41 bits per heavy atom. The molecule has 0 radical (unpaired) electrons. The Balaban J connectivity index is 2.63. The van der Waals surface area contributed by atoms with E-state index >= 15 is 0 Å². The smallest absolute Gasteiger partial charge is 0.306 e. The molecule has 1 rings (SSSR count). The van der Waals surface area contributed by atoms with Crippen molar-refractivity contribution in [3.63, 3.8) is 0 Å². The van der Waals surface area contributed by atoms with Crippen molar-refractivity contribution in [3.05, 3.63) is 85.1 Å². The summed E-state index contributed by atoms with van der Waals surface area (Å²) < 4.78 is 17.6. The van der Waals surface area contributed by atoms with Gasteiger partial charge in [0.15, 0.2) is 12.4 Å². The third kappa shape index (κ3) is 43.2. The maximum absolute atomic E-state index is 13.4. The summed E-state index contributed by atoms with van der Waals surface area (Å²) in [6.45, 7) is 5.71. The Kier molecular flexibility index (Phi) is 51.8. The van der Waals surface area contributed by atoms with Crippen molar-refractivity contribution in [1.29, 1.82) is 0 Å². The fourth-order valence-corrected chi connectivity index (χ4v) is 9.63. The van der Waals surface area contributed by atoms with Crippen molar-refractivity contribution in [1.82, 2.24) is 5.32 Å². The molecule has 0 aromatic rings. The van der Waals surface area contributed by atoms with Gasteiger partial charge in [0.05, 0.1) is 25.4 Å². The van der Waals surface area contributed by atoms with Crippen LogP contribution >= 0.6 is 0 Å². The van der Waals surface area contributed by atoms with E-state index in [1.165, 1.54) is 116 Å². The molecule has 79 heavy (non-hydrogen) atoms. The van der Waals surface area contributed by atoms with Crippen LogP contribution in [0.15, 0.2) is 85.1 Å². The minimum atomic E-state index is -1.62. The molecular weight excluding hydrogens is 991 g/mol. The van der Waals surface area contributed by atoms with E-state index in [1.807, 2.05) is 6.08 Å². The number of aliphatic hydroxyl groups is 5. The van der Waals surface area contributed by atoms with Gasteiger partial charge in [0, 0.05) is 6.42 Å². The first-order valence-electron chi connectivity index (χ1n) is 32.4. The van der Waals surface area contributed by atoms with Gasteiger partial charge in [-0.25, -0.2) is 0 Å². The Morgan fingerprint density at radius 1 is 0.506 bits per heavy atom. The number of esters is 1. The Labute approximate surface area is 483 Å². The fraction of sp³-hybridized carbons (Fsp3) is 0.765. The van der Waals surface area contributed by atoms with Gasteiger partial charge < -0.3 is 45.1 Å². The third-order valence-corrected chi connectivity index (χ3v) is 14.8. The lowest BCUT2D eigenvalue weighted by Gasteiger charge is -2.41. The molecule has 1 aliphatic heterocycles. The Morgan fingerprint density at radius 2 is 0.911 bits per heavy atom. The van der Waals surface area contributed by atoms with E-state index in [1.54, 1.807) is 6.08 Å². The summed E-state index contributed by atoms with van der Waals surface area (Å²) in [5.74, 6) is -1.21. The van der Waals surface area contributed by atoms with E-state index < -0.39 is 67.4 Å². The van der Waals surface area contributed by atoms with E-state index in [9.17, 15) is 35.1 Å². The number of carbonyl (C=O) groups is 2. The average molecular weight is 1110 g/mol. The molecule has 8 atom stereocenters. The largest absolute Gasteiger partial charge is 0.454 e. The zero-order chi connectivity index (χ0) is 57.5. The predicted molar refractivity (Wildman–Crippen MR) is 329 cm³/mol. The van der Waals surface area contributed by atoms with Crippen molar-refractivity contribution < 1.29 is 49.3 Å². The molecule has 0 aromatic carbocycles. The summed E-state index contributed by atoms with van der Waals surface area (Å²) in [5.41, 5.74) is 0. The minimum absolute atomic E-state index is 0.107. The second kappa shape index (κ2) is 55.4. The van der Waals surface area contributed by atoms with Crippen LogP contribution in [0.5, 0.6) is 0 Å². The van der Waals surface area contributed by atoms with Gasteiger partial charge in [0.25, 0.3) is 0 Å². The van der Waals surface area contributed by atoms with E-state index in [0.717, 1.165) is 109 Å². The monoisotopic (exact) mass is 1110 g/mol. The lowest BCUT2D eigenvalue weighted by molar-refractivity contribution is -0.305. The van der Waals surface area contributed by atoms with Crippen LogP contribution in [0.4, 0.5) is 0 Å². The van der Waals surface area contributed by atoms with Crippen molar-refractivity contribution in [3.8, 4) is 0 Å². The number of nitrogens with one attached hydrogen (secondary N) is 1. The Hall–Kier alpha value is -3.16. The van der Waals surface area contributed by atoms with Gasteiger partial charge >= 0.3 is 5.97 Å². The number of hydrogen-bond donors (Lipinski definition) is 6. The highest BCUT2D eigenvalue weighted by Crippen LogP contribution is 2.26. The minimum Gasteiger partial charge on any atom is -0.454 e. The molecule has 0 bridgehead atoms. The first-order chi connectivity index (χ1) is 38.7. The molecule has 0 aliphatic carbocycles. The van der Waals surface area contributed by atoms with Crippen LogP contribution in [0.3, 0.4) is 0 Å². The van der Waals surface area contributed by atoms with Crippen LogP contribution in [0.25, 0.3) is 0 Å². The van der Waals surface area contributed by atoms with Crippen LogP contribution in [0.2, 0.25) is 0 Å². The molecule has 0 saturated carbocycles. The van der Waals surface area contributed by atoms with Crippen molar-refractivity contribution in [2.45, 2.75) is 320 Å². The zero-order valence-corrected chi connectivity index (χ0v) is 50.5. The topological polar surface area (TPSA) is 175 Å². The van der Waals surface area contributed by atoms with E-state index in [-0.39, 0.29) is 19.4 Å². The number of hydrogen-bond acceptors (Lipinski definition) is 10. The number of rotatable bonds is 54. The standard InChI is InChI=1S/C68H119NO10/c1-4-7-10-13-16-19-22-24-26-27-28-29-30-31-32-33-34-36-37-40-43-46-49-52-55-61(72)67(76)69-59(60(71)54-51-48-45-42-39-21-18-15-12-9-6-3)58-77-68-66(65(75)64(74)62(57-70)78-68)79-63(73)56-53-50-47-44-41-38-35-25-23-20-17-14-11-8-5-2/h16-17,19-20,23-26,28-29,31-32,51,54,59-62,64-66,68,70-72,74-75H,4-15,18,21-22,27,30,33-50,52-53,55-58H2,1-3H3,(H,69,76)/b19-16-,20-17+,25-23+,26-24-,29-28-,32-31-,54-51+. The summed E-state index contributed by atoms with van der Waals surface area (Å²) in [4.78, 5) is 26.6. The third-order valence-electron chi connectivity index (χ3n) is 14.8. The molecule has 1 aliphatic rings. The molecule has 6 N–H and O–H groups in total. The predicted octanol–water partition coefficient (Wildman–Crippen LogP) is 15.7. The normalized spacial score (nSPS) is 19.4. The van der Waals surface area contributed by atoms with Crippen LogP contribution in [0, 0.1) is 0 Å². The van der Waals surface area contributed by atoms with Gasteiger partial charge in [-0.2, -0.15) is 0 Å². The molecule has 11 nitrogen and oxygen atoms in total. The second-order valence-electron chi connectivity index (χ2n) is 22.2. The SMILES string of the molecule is CCCCC/C=C\C/C=C\C/C=C\C/C=C\CCCCCCCCCCC(O)C(=O)NC(COC1OC(CO)C(O)C(O)C1OC(=O)CCCCCCCC/C=C/C=C/CCCCC)C(O)/C=C/CCCCCCCCCCC. The molecule has 11 heteroatoms. The van der Waals surface area contributed by atoms with Gasteiger partial charge in [0.1, 0.15) is 24.4 Å². The summed E-state index contributed by atoms with van der Waals surface area (Å²) in [5, 5.41) is 57.0. The molecule has 0 aromatic heterocycles. The maximum atomic E-state index is 13.4. The highest BCUT2D eigenvalue weighted by Gasteiger charge is 2.47. The second-order valence-corrected chi connectivity index (χ2v) is 22.2. The molecule has 0 spiro atoms. The molecule has 1 heterocycles. The highest BCUT2D eigenvalue weighted by molar-refractivity contribution is 5.80. The Bertz CT molecular complexity index is 1610. The van der Waals surface area contributed by atoms with Crippen molar-refractivity contribution in [2.24, 2.45) is 0 Å². The summed E-state index contributed by atoms with van der Waals surface area (Å²) in [6.07, 6.45) is 61.9. The number of unbranched alkanes of at least 4 members (excludes halogenated alkanes) is 29. The summed E-state index contributed by atoms with van der Waals surface area (Å²) >= 11 is 0. The molecule has 8 unspecified atom stereocenters. The molecule has 1 amide bonds. The van der Waals surface area contributed by atoms with Gasteiger partial charge in [-0.3, -0.25) is 9.59 Å². The van der Waals surface area contributed by atoms with Crippen molar-refractivity contribution >= 4 is 11.9 Å². The highest BCUT2D eigenvalue weighted by atomic mass is 16.7. The molecule has 1 saturated heterocycles. The summed E-state index contributed by atoms with van der Waals surface area (Å²) in [7, 11) is 0. The lowest BCUT2D eigenvalue weighted by atomic mass is 9.99. The van der Waals surface area contributed by atoms with Crippen LogP contribution in [-0.4, -0.2) is 99.6 Å². The maximum Gasteiger partial charge on any atom is 0.306 e. The van der Waals surface area contributed by atoms with Gasteiger partial charge in [-0.05, 0) is 96.3 Å². The number of allylic oxidation sites excluding steroid dienone is 13. The number of carbonyl (C=O) groups excluding carboxylic acids is 2. The van der Waals surface area contributed by atoms with E-state index in [0.29, 0.717) is 12.8 Å². The molecule has 456 valence electrons.